The zero-order chi connectivity index (χ0) is 14.3. The number of fused-ring (bicyclic) bond motifs is 1. The van der Waals surface area contributed by atoms with Crippen LogP contribution in [0, 0.1) is 5.92 Å². The fraction of sp³-hybridized carbons (Fsp3) is 0.533. The topological polar surface area (TPSA) is 58.4 Å². The molecule has 3 rings (SSSR count). The van der Waals surface area contributed by atoms with Crippen LogP contribution >= 0.6 is 11.6 Å². The Morgan fingerprint density at radius 3 is 3.05 bits per heavy atom. The van der Waals surface area contributed by atoms with Gasteiger partial charge in [-0.3, -0.25) is 4.79 Å². The summed E-state index contributed by atoms with van der Waals surface area (Å²) in [6.07, 6.45) is 3.70. The number of nitrogens with two attached hydrogens (primary N) is 1. The maximum Gasteiger partial charge on any atom is 0.245 e. The van der Waals surface area contributed by atoms with Gasteiger partial charge in [-0.15, -0.1) is 0 Å². The van der Waals surface area contributed by atoms with Crippen LogP contribution in [0.4, 0.5) is 11.4 Å². The summed E-state index contributed by atoms with van der Waals surface area (Å²) in [7, 11) is 0. The van der Waals surface area contributed by atoms with E-state index in [1.54, 1.807) is 0 Å². The Balaban J connectivity index is 1.86. The Morgan fingerprint density at radius 1 is 1.50 bits per heavy atom. The van der Waals surface area contributed by atoms with E-state index in [2.05, 4.69) is 17.1 Å². The van der Waals surface area contributed by atoms with Gasteiger partial charge in [0.15, 0.2) is 0 Å². The molecule has 1 aromatic carbocycles. The van der Waals surface area contributed by atoms with Gasteiger partial charge in [-0.1, -0.05) is 24.9 Å². The Labute approximate surface area is 124 Å². The number of hydrogen-bond acceptors (Lipinski definition) is 3. The summed E-state index contributed by atoms with van der Waals surface area (Å²) in [5.41, 5.74) is 8.46. The summed E-state index contributed by atoms with van der Waals surface area (Å²) >= 11 is 6.39. The number of benzene rings is 1. The molecule has 0 aromatic heterocycles. The molecule has 1 aromatic rings. The maximum absolute atomic E-state index is 11.6. The lowest BCUT2D eigenvalue weighted by molar-refractivity contribution is -0.116. The zero-order valence-corrected chi connectivity index (χ0v) is 12.4. The van der Waals surface area contributed by atoms with Gasteiger partial charge in [0.2, 0.25) is 5.91 Å². The van der Waals surface area contributed by atoms with Crippen molar-refractivity contribution in [2.75, 3.05) is 23.3 Å². The lowest BCUT2D eigenvalue weighted by Gasteiger charge is -2.21. The lowest BCUT2D eigenvalue weighted by atomic mass is 10.0. The molecule has 0 bridgehead atoms. The van der Waals surface area contributed by atoms with Gasteiger partial charge in [0.1, 0.15) is 6.04 Å². The van der Waals surface area contributed by atoms with Crippen LogP contribution in [0.1, 0.15) is 37.8 Å². The number of nitrogens with one attached hydrogen (secondary N) is 1. The van der Waals surface area contributed by atoms with Crippen LogP contribution in [0.3, 0.4) is 0 Å². The maximum atomic E-state index is 11.6. The second kappa shape index (κ2) is 5.26. The molecule has 4 nitrogen and oxygen atoms in total. The van der Waals surface area contributed by atoms with Crippen LogP contribution < -0.4 is 16.0 Å². The van der Waals surface area contributed by atoms with Gasteiger partial charge in [0.05, 0.1) is 10.7 Å². The molecule has 2 unspecified atom stereocenters. The number of carbonyl (C=O) groups is 1. The smallest absolute Gasteiger partial charge is 0.245 e. The van der Waals surface area contributed by atoms with Crippen molar-refractivity contribution >= 4 is 28.9 Å². The van der Waals surface area contributed by atoms with Crippen molar-refractivity contribution in [2.45, 2.75) is 32.2 Å². The van der Waals surface area contributed by atoms with Crippen molar-refractivity contribution < 1.29 is 4.79 Å². The van der Waals surface area contributed by atoms with E-state index in [0.717, 1.165) is 35.9 Å². The SMILES string of the molecule is CCCC1CCN(c2cc3c(cc2Cl)C(N)C(=O)N3)C1. The highest BCUT2D eigenvalue weighted by Gasteiger charge is 2.30. The summed E-state index contributed by atoms with van der Waals surface area (Å²) < 4.78 is 0. The van der Waals surface area contributed by atoms with Gasteiger partial charge < -0.3 is 16.0 Å². The van der Waals surface area contributed by atoms with Crippen molar-refractivity contribution in [3.05, 3.63) is 22.7 Å². The summed E-state index contributed by atoms with van der Waals surface area (Å²) in [5.74, 6) is 0.597. The third kappa shape index (κ3) is 2.27. The molecule has 3 N–H and O–H groups in total. The quantitative estimate of drug-likeness (QED) is 0.901. The van der Waals surface area contributed by atoms with E-state index in [1.807, 2.05) is 12.1 Å². The standard InChI is InChI=1S/C15H20ClN3O/c1-2-3-9-4-5-19(8-9)13-7-12-10(6-11(13)16)14(17)15(20)18-12/h6-7,9,14H,2-5,8,17H2,1H3,(H,18,20). The number of rotatable bonds is 3. The number of carbonyl (C=O) groups excluding carboxylic acids is 1. The fourth-order valence-electron chi connectivity index (χ4n) is 3.23. The molecule has 2 aliphatic rings. The second-order valence-corrected chi connectivity index (χ2v) is 6.15. The molecule has 1 saturated heterocycles. The lowest BCUT2D eigenvalue weighted by Crippen LogP contribution is -2.20. The molecule has 2 aliphatic heterocycles. The Bertz CT molecular complexity index is 546. The van der Waals surface area contributed by atoms with Crippen molar-refractivity contribution in [2.24, 2.45) is 11.7 Å². The fourth-order valence-corrected chi connectivity index (χ4v) is 3.52. The molecule has 2 atom stereocenters. The van der Waals surface area contributed by atoms with Crippen LogP contribution in [0.15, 0.2) is 12.1 Å². The zero-order valence-electron chi connectivity index (χ0n) is 11.7. The molecule has 1 fully saturated rings. The minimum absolute atomic E-state index is 0.154. The third-order valence-electron chi connectivity index (χ3n) is 4.32. The van der Waals surface area contributed by atoms with E-state index < -0.39 is 6.04 Å². The molecule has 2 heterocycles. The van der Waals surface area contributed by atoms with Crippen molar-refractivity contribution in [1.29, 1.82) is 0 Å². The van der Waals surface area contributed by atoms with Gasteiger partial charge in [-0.25, -0.2) is 0 Å². The number of amides is 1. The third-order valence-corrected chi connectivity index (χ3v) is 4.62. The highest BCUT2D eigenvalue weighted by Crippen LogP contribution is 2.39. The van der Waals surface area contributed by atoms with Crippen LogP contribution in [-0.4, -0.2) is 19.0 Å². The Kier molecular flexibility index (Phi) is 3.61. The largest absolute Gasteiger partial charge is 0.370 e. The molecule has 0 saturated carbocycles. The number of nitrogens with zero attached hydrogens (tertiary/aromatic N) is 1. The monoisotopic (exact) mass is 293 g/mol. The Morgan fingerprint density at radius 2 is 2.30 bits per heavy atom. The minimum Gasteiger partial charge on any atom is -0.370 e. The van der Waals surface area contributed by atoms with Crippen molar-refractivity contribution in [3.63, 3.8) is 0 Å². The summed E-state index contributed by atoms with van der Waals surface area (Å²) in [6, 6.07) is 3.21. The van der Waals surface area contributed by atoms with E-state index in [0.29, 0.717) is 5.02 Å². The molecule has 108 valence electrons. The van der Waals surface area contributed by atoms with E-state index in [-0.39, 0.29) is 5.91 Å². The highest BCUT2D eigenvalue weighted by molar-refractivity contribution is 6.33. The predicted octanol–water partition coefficient (Wildman–Crippen LogP) is 2.92. The summed E-state index contributed by atoms with van der Waals surface area (Å²) in [5, 5.41) is 3.51. The first-order valence-corrected chi connectivity index (χ1v) is 7.62. The van der Waals surface area contributed by atoms with Crippen LogP contribution in [0.2, 0.25) is 5.02 Å². The van der Waals surface area contributed by atoms with Gasteiger partial charge in [-0.2, -0.15) is 0 Å². The van der Waals surface area contributed by atoms with E-state index >= 15 is 0 Å². The second-order valence-electron chi connectivity index (χ2n) is 5.75. The molecule has 0 radical (unpaired) electrons. The first-order chi connectivity index (χ1) is 9.60. The van der Waals surface area contributed by atoms with E-state index in [9.17, 15) is 4.79 Å². The molecular weight excluding hydrogens is 274 g/mol. The average molecular weight is 294 g/mol. The average Bonchev–Trinajstić information content (AvgIpc) is 2.97. The number of halogens is 1. The van der Waals surface area contributed by atoms with Crippen LogP contribution in [-0.2, 0) is 4.79 Å². The Hall–Kier alpha value is -1.26. The van der Waals surface area contributed by atoms with E-state index in [4.69, 9.17) is 17.3 Å². The minimum atomic E-state index is -0.594. The van der Waals surface area contributed by atoms with Crippen LogP contribution in [0.25, 0.3) is 0 Å². The van der Waals surface area contributed by atoms with Gasteiger partial charge in [0.25, 0.3) is 0 Å². The molecule has 0 aliphatic carbocycles. The summed E-state index contributed by atoms with van der Waals surface area (Å²) in [6.45, 7) is 4.30. The van der Waals surface area contributed by atoms with E-state index in [1.165, 1.54) is 19.3 Å². The van der Waals surface area contributed by atoms with Gasteiger partial charge in [0, 0.05) is 24.3 Å². The number of anilines is 2. The van der Waals surface area contributed by atoms with Gasteiger partial charge in [-0.05, 0) is 30.9 Å². The summed E-state index contributed by atoms with van der Waals surface area (Å²) in [4.78, 5) is 13.9. The number of hydrogen-bond donors (Lipinski definition) is 2. The molecule has 20 heavy (non-hydrogen) atoms. The van der Waals surface area contributed by atoms with Gasteiger partial charge >= 0.3 is 0 Å². The predicted molar refractivity (Wildman–Crippen MR) is 82.2 cm³/mol. The molecule has 0 spiro atoms. The van der Waals surface area contributed by atoms with Crippen molar-refractivity contribution in [1.82, 2.24) is 0 Å². The molecule has 5 heteroatoms. The van der Waals surface area contributed by atoms with Crippen LogP contribution in [0.5, 0.6) is 0 Å². The first-order valence-electron chi connectivity index (χ1n) is 7.25. The molecular formula is C15H20ClN3O. The first kappa shape index (κ1) is 13.7. The molecule has 1 amide bonds. The normalized spacial score (nSPS) is 24.9. The van der Waals surface area contributed by atoms with Crippen molar-refractivity contribution in [3.8, 4) is 0 Å². The highest BCUT2D eigenvalue weighted by atomic mass is 35.5.